The molecule has 1 unspecified atom stereocenters. The molecule has 0 aliphatic carbocycles. The molecule has 8 nitrogen and oxygen atoms in total. The topological polar surface area (TPSA) is 123 Å². The highest BCUT2D eigenvalue weighted by molar-refractivity contribution is 7.85. The van der Waals surface area contributed by atoms with Gasteiger partial charge in [-0.3, -0.25) is 4.18 Å². The lowest BCUT2D eigenvalue weighted by Gasteiger charge is -2.44. The molecule has 31 heavy (non-hydrogen) atoms. The number of hydrogen-bond acceptors (Lipinski definition) is 8. The molecule has 0 saturated carbocycles. The predicted octanol–water partition coefficient (Wildman–Crippen LogP) is 0.642. The summed E-state index contributed by atoms with van der Waals surface area (Å²) in [6, 6.07) is 17.8. The van der Waals surface area contributed by atoms with Crippen LogP contribution in [0.3, 0.4) is 0 Å². The summed E-state index contributed by atoms with van der Waals surface area (Å²) in [6.07, 6.45) is -3.56. The van der Waals surface area contributed by atoms with Gasteiger partial charge < -0.3 is 24.8 Å². The first-order valence-corrected chi connectivity index (χ1v) is 11.6. The highest BCUT2D eigenvalue weighted by Gasteiger charge is 2.68. The summed E-state index contributed by atoms with van der Waals surface area (Å²) in [5.41, 5.74) is -2.73. The van der Waals surface area contributed by atoms with E-state index >= 15 is 0 Å². The number of aliphatic hydroxyl groups excluding tert-OH is 2. The summed E-state index contributed by atoms with van der Waals surface area (Å²) in [5, 5.41) is 34.0. The third-order valence-corrected chi connectivity index (χ3v) is 6.20. The van der Waals surface area contributed by atoms with Gasteiger partial charge in [-0.05, 0) is 11.1 Å². The third kappa shape index (κ3) is 4.98. The van der Waals surface area contributed by atoms with Gasteiger partial charge in [0.05, 0.1) is 12.4 Å². The zero-order valence-corrected chi connectivity index (χ0v) is 18.2. The van der Waals surface area contributed by atoms with Gasteiger partial charge in [0, 0.05) is 20.0 Å². The first-order valence-electron chi connectivity index (χ1n) is 9.83. The first-order chi connectivity index (χ1) is 14.6. The largest absolute Gasteiger partial charge is 0.390 e. The quantitative estimate of drug-likeness (QED) is 0.474. The van der Waals surface area contributed by atoms with E-state index in [1.807, 2.05) is 6.07 Å². The van der Waals surface area contributed by atoms with Crippen LogP contribution in [0.25, 0.3) is 0 Å². The second-order valence-corrected chi connectivity index (χ2v) is 9.46. The maximum Gasteiger partial charge on any atom is 0.264 e. The maximum atomic E-state index is 11.8. The van der Waals surface area contributed by atoms with Crippen molar-refractivity contribution in [3.8, 4) is 0 Å². The molecule has 2 aromatic rings. The van der Waals surface area contributed by atoms with Crippen molar-refractivity contribution in [3.63, 3.8) is 0 Å². The molecular weight excluding hydrogens is 424 g/mol. The Balaban J connectivity index is 2.07. The standard InChI is InChI=1S/C22H28O8S/c1-28-20-19(24)21(25,14-17-11-7-4-8-12-17)22(30-20,15-29-31(2,26)27)18(23)13-16-9-5-3-6-10-16/h3-12,18-20,23-25H,13-15H2,1-2H3/t18?,19-,20-,21-,22+/m0/s1. The SMILES string of the molecule is CO[C@H]1O[C@](COS(C)(=O)=O)(C(O)Cc2ccccc2)[C@](O)(Cc2ccccc2)[C@H]1O. The summed E-state index contributed by atoms with van der Waals surface area (Å²) in [5.74, 6) is 0. The highest BCUT2D eigenvalue weighted by atomic mass is 32.2. The molecule has 5 atom stereocenters. The maximum absolute atomic E-state index is 11.8. The molecule has 0 aromatic heterocycles. The van der Waals surface area contributed by atoms with Gasteiger partial charge in [0.15, 0.2) is 11.9 Å². The minimum atomic E-state index is -3.95. The van der Waals surface area contributed by atoms with Crippen LogP contribution in [0, 0.1) is 0 Å². The summed E-state index contributed by atoms with van der Waals surface area (Å²) in [4.78, 5) is 0. The zero-order chi connectivity index (χ0) is 22.7. The van der Waals surface area contributed by atoms with Crippen LogP contribution >= 0.6 is 0 Å². The fourth-order valence-corrected chi connectivity index (χ4v) is 4.40. The van der Waals surface area contributed by atoms with E-state index in [1.54, 1.807) is 54.6 Å². The average Bonchev–Trinajstić information content (AvgIpc) is 2.95. The Labute approximate surface area is 182 Å². The van der Waals surface area contributed by atoms with Gasteiger partial charge in [-0.1, -0.05) is 60.7 Å². The number of hydrogen-bond donors (Lipinski definition) is 3. The Kier molecular flexibility index (Phi) is 7.17. The van der Waals surface area contributed by atoms with Gasteiger partial charge in [0.2, 0.25) is 0 Å². The van der Waals surface area contributed by atoms with E-state index in [0.29, 0.717) is 5.56 Å². The lowest BCUT2D eigenvalue weighted by Crippen LogP contribution is -2.66. The summed E-state index contributed by atoms with van der Waals surface area (Å²) >= 11 is 0. The number of ether oxygens (including phenoxy) is 2. The van der Waals surface area contributed by atoms with Crippen LogP contribution in [0.5, 0.6) is 0 Å². The molecule has 1 aliphatic heterocycles. The molecule has 1 aliphatic rings. The molecule has 9 heteroatoms. The average molecular weight is 453 g/mol. The molecule has 0 amide bonds. The second-order valence-electron chi connectivity index (χ2n) is 7.81. The minimum absolute atomic E-state index is 0.0220. The normalized spacial score (nSPS) is 29.7. The molecule has 2 aromatic carbocycles. The van der Waals surface area contributed by atoms with Crippen molar-refractivity contribution in [2.24, 2.45) is 0 Å². The van der Waals surface area contributed by atoms with E-state index in [4.69, 9.17) is 13.7 Å². The van der Waals surface area contributed by atoms with Crippen molar-refractivity contribution >= 4 is 10.1 Å². The van der Waals surface area contributed by atoms with Crippen LogP contribution in [0.1, 0.15) is 11.1 Å². The van der Waals surface area contributed by atoms with Gasteiger partial charge in [-0.25, -0.2) is 0 Å². The Morgan fingerprint density at radius 1 is 1.06 bits per heavy atom. The van der Waals surface area contributed by atoms with Crippen LogP contribution in [-0.2, 0) is 36.6 Å². The molecule has 1 fully saturated rings. The Morgan fingerprint density at radius 3 is 2.13 bits per heavy atom. The van der Waals surface area contributed by atoms with Crippen molar-refractivity contribution in [1.29, 1.82) is 0 Å². The van der Waals surface area contributed by atoms with Gasteiger partial charge in [-0.2, -0.15) is 8.42 Å². The molecule has 3 N–H and O–H groups in total. The lowest BCUT2D eigenvalue weighted by molar-refractivity contribution is -0.231. The zero-order valence-electron chi connectivity index (χ0n) is 17.4. The van der Waals surface area contributed by atoms with Crippen molar-refractivity contribution < 1.29 is 37.4 Å². The monoisotopic (exact) mass is 452 g/mol. The van der Waals surface area contributed by atoms with Gasteiger partial charge in [0.25, 0.3) is 10.1 Å². The van der Waals surface area contributed by atoms with Crippen LogP contribution < -0.4 is 0 Å². The number of methoxy groups -OCH3 is 1. The lowest BCUT2D eigenvalue weighted by atomic mass is 9.72. The van der Waals surface area contributed by atoms with E-state index in [1.165, 1.54) is 7.11 Å². The van der Waals surface area contributed by atoms with E-state index in [9.17, 15) is 23.7 Å². The van der Waals surface area contributed by atoms with Crippen LogP contribution in [-0.4, -0.2) is 73.4 Å². The van der Waals surface area contributed by atoms with Crippen molar-refractivity contribution in [3.05, 3.63) is 71.8 Å². The van der Waals surface area contributed by atoms with Crippen LogP contribution in [0.2, 0.25) is 0 Å². The van der Waals surface area contributed by atoms with E-state index < -0.39 is 46.4 Å². The molecule has 1 heterocycles. The smallest absolute Gasteiger partial charge is 0.264 e. The third-order valence-electron chi connectivity index (χ3n) is 5.65. The summed E-state index contributed by atoms with van der Waals surface area (Å²) < 4.78 is 39.6. The van der Waals surface area contributed by atoms with Crippen molar-refractivity contribution in [2.75, 3.05) is 20.0 Å². The Hall–Kier alpha value is -1.85. The molecule has 0 bridgehead atoms. The Bertz CT molecular complexity index is 952. The molecular formula is C22H28O8S. The van der Waals surface area contributed by atoms with Gasteiger partial charge >= 0.3 is 0 Å². The number of rotatable bonds is 9. The van der Waals surface area contributed by atoms with Gasteiger partial charge in [0.1, 0.15) is 18.3 Å². The summed E-state index contributed by atoms with van der Waals surface area (Å²) in [6.45, 7) is -0.708. The fraction of sp³-hybridized carbons (Fsp3) is 0.455. The fourth-order valence-electron chi connectivity index (χ4n) is 4.01. The van der Waals surface area contributed by atoms with E-state index in [2.05, 4.69) is 0 Å². The molecule has 170 valence electrons. The van der Waals surface area contributed by atoms with Crippen molar-refractivity contribution in [1.82, 2.24) is 0 Å². The molecule has 1 saturated heterocycles. The second kappa shape index (κ2) is 9.33. The summed E-state index contributed by atoms with van der Waals surface area (Å²) in [7, 11) is -2.66. The molecule has 0 radical (unpaired) electrons. The van der Waals surface area contributed by atoms with Gasteiger partial charge in [-0.15, -0.1) is 0 Å². The molecule has 0 spiro atoms. The minimum Gasteiger partial charge on any atom is -0.390 e. The molecule has 3 rings (SSSR count). The van der Waals surface area contributed by atoms with E-state index in [0.717, 1.165) is 11.8 Å². The first kappa shape index (κ1) is 23.8. The van der Waals surface area contributed by atoms with Crippen molar-refractivity contribution in [2.45, 2.75) is 42.5 Å². The highest BCUT2D eigenvalue weighted by Crippen LogP contribution is 2.46. The van der Waals surface area contributed by atoms with Crippen LogP contribution in [0.15, 0.2) is 60.7 Å². The number of benzene rings is 2. The Morgan fingerprint density at radius 2 is 1.61 bits per heavy atom. The van der Waals surface area contributed by atoms with Crippen LogP contribution in [0.4, 0.5) is 0 Å². The predicted molar refractivity (Wildman–Crippen MR) is 113 cm³/mol. The number of aliphatic hydroxyl groups is 3. The van der Waals surface area contributed by atoms with E-state index in [-0.39, 0.29) is 12.8 Å².